The van der Waals surface area contributed by atoms with E-state index in [4.69, 9.17) is 20.8 Å². The number of amides is 1. The molecule has 28 heavy (non-hydrogen) atoms. The molecule has 0 aliphatic carbocycles. The standard InChI is InChI=1S/C20H20ClN3O3S/c1-12-5-4-6-13(2)18(12)22-19(25)14(3)28-20-24-23-17(27-20)11-26-16-9-7-15(21)8-10-16/h4-10,14H,11H2,1-3H3,(H,22,25)/t14-/m0/s1. The first-order valence-electron chi connectivity index (χ1n) is 8.67. The number of nitrogens with zero attached hydrogens (tertiary/aromatic N) is 2. The van der Waals surface area contributed by atoms with Gasteiger partial charge in [-0.25, -0.2) is 0 Å². The number of ether oxygens (including phenoxy) is 1. The van der Waals surface area contributed by atoms with Crippen molar-refractivity contribution in [3.63, 3.8) is 0 Å². The van der Waals surface area contributed by atoms with Crippen LogP contribution in [0, 0.1) is 13.8 Å². The van der Waals surface area contributed by atoms with E-state index in [-0.39, 0.29) is 12.5 Å². The van der Waals surface area contributed by atoms with Gasteiger partial charge in [-0.1, -0.05) is 41.6 Å². The maximum absolute atomic E-state index is 12.5. The third-order valence-corrected chi connectivity index (χ3v) is 5.19. The van der Waals surface area contributed by atoms with Gasteiger partial charge in [0.05, 0.1) is 5.25 Å². The Morgan fingerprint density at radius 2 is 1.86 bits per heavy atom. The van der Waals surface area contributed by atoms with Crippen molar-refractivity contribution in [1.82, 2.24) is 10.2 Å². The van der Waals surface area contributed by atoms with Crippen LogP contribution in [0.2, 0.25) is 5.02 Å². The molecule has 1 heterocycles. The van der Waals surface area contributed by atoms with Gasteiger partial charge in [0.25, 0.3) is 11.1 Å². The Balaban J connectivity index is 1.55. The topological polar surface area (TPSA) is 77.2 Å². The molecule has 3 aromatic rings. The highest BCUT2D eigenvalue weighted by molar-refractivity contribution is 8.00. The molecule has 1 atom stereocenters. The molecule has 3 rings (SSSR count). The number of halogens is 1. The molecule has 0 unspecified atom stereocenters. The van der Waals surface area contributed by atoms with E-state index in [1.165, 1.54) is 11.8 Å². The van der Waals surface area contributed by atoms with Gasteiger partial charge >= 0.3 is 0 Å². The molecule has 0 fully saturated rings. The fraction of sp³-hybridized carbons (Fsp3) is 0.250. The van der Waals surface area contributed by atoms with Crippen molar-refractivity contribution in [3.8, 4) is 5.75 Å². The van der Waals surface area contributed by atoms with Crippen LogP contribution in [0.25, 0.3) is 0 Å². The van der Waals surface area contributed by atoms with Gasteiger partial charge < -0.3 is 14.5 Å². The molecule has 146 valence electrons. The summed E-state index contributed by atoms with van der Waals surface area (Å²) in [7, 11) is 0. The second kappa shape index (κ2) is 9.12. The average molecular weight is 418 g/mol. The number of aryl methyl sites for hydroxylation is 2. The smallest absolute Gasteiger partial charge is 0.277 e. The second-order valence-electron chi connectivity index (χ2n) is 6.22. The highest BCUT2D eigenvalue weighted by atomic mass is 35.5. The zero-order valence-electron chi connectivity index (χ0n) is 15.7. The summed E-state index contributed by atoms with van der Waals surface area (Å²) in [5.74, 6) is 0.859. The van der Waals surface area contributed by atoms with E-state index in [0.29, 0.717) is 21.9 Å². The molecular formula is C20H20ClN3O3S. The predicted octanol–water partition coefficient (Wildman–Crippen LogP) is 5.04. The lowest BCUT2D eigenvalue weighted by Crippen LogP contribution is -2.23. The van der Waals surface area contributed by atoms with Gasteiger partial charge in [-0.05, 0) is 56.2 Å². The third-order valence-electron chi connectivity index (χ3n) is 4.00. The zero-order valence-corrected chi connectivity index (χ0v) is 17.3. The number of anilines is 1. The van der Waals surface area contributed by atoms with E-state index in [1.54, 1.807) is 31.2 Å². The first-order chi connectivity index (χ1) is 13.4. The number of para-hydroxylation sites is 1. The normalized spacial score (nSPS) is 11.9. The SMILES string of the molecule is Cc1cccc(C)c1NC(=O)[C@H](C)Sc1nnc(COc2ccc(Cl)cc2)o1. The number of benzene rings is 2. The Morgan fingerprint density at radius 3 is 2.54 bits per heavy atom. The van der Waals surface area contributed by atoms with Crippen LogP contribution in [0.1, 0.15) is 23.9 Å². The fourth-order valence-electron chi connectivity index (χ4n) is 2.46. The lowest BCUT2D eigenvalue weighted by Gasteiger charge is -2.14. The van der Waals surface area contributed by atoms with Crippen LogP contribution < -0.4 is 10.1 Å². The van der Waals surface area contributed by atoms with Crippen LogP contribution in [-0.2, 0) is 11.4 Å². The number of thioether (sulfide) groups is 1. The van der Waals surface area contributed by atoms with E-state index in [1.807, 2.05) is 32.0 Å². The summed E-state index contributed by atoms with van der Waals surface area (Å²) in [5.41, 5.74) is 2.87. The summed E-state index contributed by atoms with van der Waals surface area (Å²) >= 11 is 7.04. The van der Waals surface area contributed by atoms with Gasteiger partial charge in [-0.3, -0.25) is 4.79 Å². The number of carbonyl (C=O) groups excluding carboxylic acids is 1. The predicted molar refractivity (Wildman–Crippen MR) is 110 cm³/mol. The van der Waals surface area contributed by atoms with Crippen LogP contribution in [0.3, 0.4) is 0 Å². The third kappa shape index (κ3) is 5.27. The quantitative estimate of drug-likeness (QED) is 0.543. The molecule has 8 heteroatoms. The highest BCUT2D eigenvalue weighted by Gasteiger charge is 2.19. The molecule has 0 bridgehead atoms. The molecule has 0 spiro atoms. The van der Waals surface area contributed by atoms with E-state index in [9.17, 15) is 4.79 Å². The largest absolute Gasteiger partial charge is 0.484 e. The van der Waals surface area contributed by atoms with Gasteiger partial charge in [-0.15, -0.1) is 10.2 Å². The van der Waals surface area contributed by atoms with Gasteiger partial charge in [0.1, 0.15) is 5.75 Å². The fourth-order valence-corrected chi connectivity index (χ4v) is 3.29. The molecule has 0 aliphatic heterocycles. The van der Waals surface area contributed by atoms with Crippen molar-refractivity contribution in [2.24, 2.45) is 0 Å². The number of carbonyl (C=O) groups is 1. The summed E-state index contributed by atoms with van der Waals surface area (Å²) in [6, 6.07) is 12.9. The molecule has 0 saturated carbocycles. The van der Waals surface area contributed by atoms with Crippen LogP contribution >= 0.6 is 23.4 Å². The van der Waals surface area contributed by atoms with Crippen LogP contribution in [-0.4, -0.2) is 21.4 Å². The number of rotatable bonds is 7. The number of hydrogen-bond donors (Lipinski definition) is 1. The molecule has 2 aromatic carbocycles. The van der Waals surface area contributed by atoms with Crippen molar-refractivity contribution < 1.29 is 13.9 Å². The summed E-state index contributed by atoms with van der Waals surface area (Å²) in [4.78, 5) is 12.5. The van der Waals surface area contributed by atoms with Gasteiger partial charge in [-0.2, -0.15) is 0 Å². The Bertz CT molecular complexity index is 939. The highest BCUT2D eigenvalue weighted by Crippen LogP contribution is 2.25. The Morgan fingerprint density at radius 1 is 1.18 bits per heavy atom. The molecule has 0 aliphatic rings. The van der Waals surface area contributed by atoms with E-state index in [0.717, 1.165) is 16.8 Å². The number of nitrogens with one attached hydrogen (secondary N) is 1. The van der Waals surface area contributed by atoms with Gasteiger partial charge in [0.2, 0.25) is 5.91 Å². The summed E-state index contributed by atoms with van der Waals surface area (Å²) in [6.07, 6.45) is 0. The minimum absolute atomic E-state index is 0.125. The van der Waals surface area contributed by atoms with Crippen LogP contribution in [0.15, 0.2) is 52.1 Å². The van der Waals surface area contributed by atoms with Gasteiger partial charge in [0, 0.05) is 10.7 Å². The molecule has 1 aromatic heterocycles. The van der Waals surface area contributed by atoms with Crippen molar-refractivity contribution in [2.75, 3.05) is 5.32 Å². The maximum atomic E-state index is 12.5. The molecule has 1 amide bonds. The van der Waals surface area contributed by atoms with Crippen LogP contribution in [0.4, 0.5) is 5.69 Å². The minimum Gasteiger partial charge on any atom is -0.484 e. The lowest BCUT2D eigenvalue weighted by molar-refractivity contribution is -0.115. The Hall–Kier alpha value is -2.51. The minimum atomic E-state index is -0.399. The van der Waals surface area contributed by atoms with Gasteiger partial charge in [0.15, 0.2) is 6.61 Å². The molecule has 0 radical (unpaired) electrons. The van der Waals surface area contributed by atoms with E-state index in [2.05, 4.69) is 15.5 Å². The first-order valence-corrected chi connectivity index (χ1v) is 9.92. The maximum Gasteiger partial charge on any atom is 0.277 e. The van der Waals surface area contributed by atoms with Crippen molar-refractivity contribution in [1.29, 1.82) is 0 Å². The molecule has 1 N–H and O–H groups in total. The molecule has 6 nitrogen and oxygen atoms in total. The molecule has 0 saturated heterocycles. The number of aromatic nitrogens is 2. The van der Waals surface area contributed by atoms with Crippen LogP contribution in [0.5, 0.6) is 5.75 Å². The Kier molecular flexibility index (Phi) is 6.59. The summed E-state index contributed by atoms with van der Waals surface area (Å²) in [6.45, 7) is 5.86. The first kappa shape index (κ1) is 20.2. The lowest BCUT2D eigenvalue weighted by atomic mass is 10.1. The van der Waals surface area contributed by atoms with E-state index < -0.39 is 5.25 Å². The number of hydrogen-bond acceptors (Lipinski definition) is 6. The van der Waals surface area contributed by atoms with E-state index >= 15 is 0 Å². The second-order valence-corrected chi connectivity index (χ2v) is 7.95. The molecular weight excluding hydrogens is 398 g/mol. The van der Waals surface area contributed by atoms with Crippen molar-refractivity contribution in [2.45, 2.75) is 37.9 Å². The summed E-state index contributed by atoms with van der Waals surface area (Å²) < 4.78 is 11.1. The average Bonchev–Trinajstić information content (AvgIpc) is 3.11. The summed E-state index contributed by atoms with van der Waals surface area (Å²) in [5, 5.41) is 11.5. The van der Waals surface area contributed by atoms with Crippen molar-refractivity contribution in [3.05, 3.63) is 64.5 Å². The monoisotopic (exact) mass is 417 g/mol. The zero-order chi connectivity index (χ0) is 20.1. The van der Waals surface area contributed by atoms with Crippen molar-refractivity contribution >= 4 is 35.0 Å². The Labute approximate surface area is 172 Å².